The molecule has 0 fully saturated rings. The minimum Gasteiger partial charge on any atom is -0.475 e. The Morgan fingerprint density at radius 3 is 2.62 bits per heavy atom. The van der Waals surface area contributed by atoms with E-state index in [0.717, 1.165) is 14.5 Å². The molecule has 2 N–H and O–H groups in total. The highest BCUT2D eigenvalue weighted by Gasteiger charge is 2.08. The first kappa shape index (κ1) is 16.4. The van der Waals surface area contributed by atoms with Crippen LogP contribution in [0.15, 0.2) is 51.5 Å². The van der Waals surface area contributed by atoms with Gasteiger partial charge in [-0.15, -0.1) is 0 Å². The van der Waals surface area contributed by atoms with Crippen molar-refractivity contribution in [2.24, 2.45) is 5.73 Å². The van der Waals surface area contributed by atoms with Crippen LogP contribution in [-0.4, -0.2) is 24.2 Å². The first-order valence-electron chi connectivity index (χ1n) is 6.46. The van der Waals surface area contributed by atoms with Crippen molar-refractivity contribution < 1.29 is 9.47 Å². The van der Waals surface area contributed by atoms with Gasteiger partial charge in [0.05, 0.1) is 23.7 Å². The number of benzene rings is 1. The minimum atomic E-state index is -0.203. The van der Waals surface area contributed by atoms with Gasteiger partial charge in [-0.05, 0) is 43.5 Å². The maximum atomic E-state index is 5.96. The van der Waals surface area contributed by atoms with E-state index < -0.39 is 0 Å². The molecule has 0 aliphatic carbocycles. The molecular weight excluding hydrogens is 400 g/mol. The number of halogens is 2. The van der Waals surface area contributed by atoms with Crippen LogP contribution in [0.5, 0.6) is 5.88 Å². The van der Waals surface area contributed by atoms with E-state index in [0.29, 0.717) is 25.7 Å². The second-order valence-corrected chi connectivity index (χ2v) is 6.28. The molecule has 0 bridgehead atoms. The first-order valence-corrected chi connectivity index (χ1v) is 8.05. The van der Waals surface area contributed by atoms with Gasteiger partial charge in [-0.3, -0.25) is 0 Å². The molecule has 0 saturated carbocycles. The molecular formula is C15H16Br2N2O2. The van der Waals surface area contributed by atoms with Gasteiger partial charge in [0, 0.05) is 10.7 Å². The Morgan fingerprint density at radius 2 is 1.90 bits per heavy atom. The Kier molecular flexibility index (Phi) is 6.63. The third-order valence-corrected chi connectivity index (χ3v) is 3.65. The van der Waals surface area contributed by atoms with Gasteiger partial charge in [-0.25, -0.2) is 4.98 Å². The summed E-state index contributed by atoms with van der Waals surface area (Å²) >= 11 is 6.73. The molecule has 0 amide bonds. The lowest BCUT2D eigenvalue weighted by molar-refractivity contribution is 0.0927. The molecule has 1 aromatic heterocycles. The van der Waals surface area contributed by atoms with E-state index >= 15 is 0 Å². The molecule has 6 heteroatoms. The molecule has 0 radical (unpaired) electrons. The molecule has 0 unspecified atom stereocenters. The largest absolute Gasteiger partial charge is 0.475 e. The van der Waals surface area contributed by atoms with Crippen molar-refractivity contribution in [2.45, 2.75) is 12.6 Å². The summed E-state index contributed by atoms with van der Waals surface area (Å²) in [6.07, 6.45) is 1.68. The van der Waals surface area contributed by atoms with E-state index in [1.54, 1.807) is 6.20 Å². The molecule has 2 aromatic rings. The third kappa shape index (κ3) is 5.74. The fraction of sp³-hybridized carbons (Fsp3) is 0.267. The fourth-order valence-electron chi connectivity index (χ4n) is 1.64. The van der Waals surface area contributed by atoms with Crippen molar-refractivity contribution in [3.8, 4) is 5.88 Å². The highest BCUT2D eigenvalue weighted by Crippen LogP contribution is 2.25. The molecule has 0 saturated heterocycles. The molecule has 0 spiro atoms. The van der Waals surface area contributed by atoms with Gasteiger partial charge in [-0.2, -0.15) is 0 Å². The Morgan fingerprint density at radius 1 is 1.14 bits per heavy atom. The van der Waals surface area contributed by atoms with Crippen LogP contribution in [0.2, 0.25) is 0 Å². The van der Waals surface area contributed by atoms with Gasteiger partial charge in [-0.1, -0.05) is 30.3 Å². The first-order chi connectivity index (χ1) is 10.1. The molecule has 4 nitrogen and oxygen atoms in total. The third-order valence-electron chi connectivity index (χ3n) is 2.65. The number of hydrogen-bond acceptors (Lipinski definition) is 4. The van der Waals surface area contributed by atoms with E-state index in [1.165, 1.54) is 0 Å². The number of pyridine rings is 1. The average molecular weight is 416 g/mol. The van der Waals surface area contributed by atoms with Crippen LogP contribution in [0.4, 0.5) is 0 Å². The van der Waals surface area contributed by atoms with Crippen molar-refractivity contribution in [2.75, 3.05) is 13.2 Å². The van der Waals surface area contributed by atoms with Gasteiger partial charge >= 0.3 is 0 Å². The lowest BCUT2D eigenvalue weighted by Crippen LogP contribution is -2.33. The fourth-order valence-corrected chi connectivity index (χ4v) is 2.75. The summed E-state index contributed by atoms with van der Waals surface area (Å²) in [5.74, 6) is 0.525. The Hall–Kier alpha value is -0.950. The normalized spacial score (nSPS) is 12.1. The van der Waals surface area contributed by atoms with Crippen LogP contribution in [0.3, 0.4) is 0 Å². The lowest BCUT2D eigenvalue weighted by Gasteiger charge is -2.14. The summed E-state index contributed by atoms with van der Waals surface area (Å²) < 4.78 is 12.8. The zero-order valence-corrected chi connectivity index (χ0v) is 14.5. The van der Waals surface area contributed by atoms with E-state index in [2.05, 4.69) is 36.8 Å². The maximum absolute atomic E-state index is 5.96. The van der Waals surface area contributed by atoms with Crippen LogP contribution in [-0.2, 0) is 11.3 Å². The van der Waals surface area contributed by atoms with Crippen molar-refractivity contribution >= 4 is 31.9 Å². The monoisotopic (exact) mass is 414 g/mol. The standard InChI is InChI=1S/C15H16Br2N2O2/c16-12-6-14(17)15(19-7-12)21-10-13(18)9-20-8-11-4-2-1-3-5-11/h1-7,13H,8-10,18H2/t13-/m0/s1. The van der Waals surface area contributed by atoms with Crippen LogP contribution in [0.1, 0.15) is 5.56 Å². The minimum absolute atomic E-state index is 0.203. The highest BCUT2D eigenvalue weighted by atomic mass is 79.9. The number of nitrogens with two attached hydrogens (primary N) is 1. The van der Waals surface area contributed by atoms with Gasteiger partial charge in [0.2, 0.25) is 5.88 Å². The van der Waals surface area contributed by atoms with Crippen molar-refractivity contribution in [1.29, 1.82) is 0 Å². The van der Waals surface area contributed by atoms with E-state index in [9.17, 15) is 0 Å². The second-order valence-electron chi connectivity index (χ2n) is 4.51. The van der Waals surface area contributed by atoms with Gasteiger partial charge in [0.15, 0.2) is 0 Å². The number of rotatable bonds is 7. The zero-order chi connectivity index (χ0) is 15.1. The summed E-state index contributed by atoms with van der Waals surface area (Å²) in [5, 5.41) is 0. The summed E-state index contributed by atoms with van der Waals surface area (Å²) in [7, 11) is 0. The SMILES string of the molecule is N[C@@H](COCc1ccccc1)COc1ncc(Br)cc1Br. The molecule has 21 heavy (non-hydrogen) atoms. The Balaban J connectivity index is 1.71. The summed E-state index contributed by atoms with van der Waals surface area (Å²) in [6, 6.07) is 11.7. The number of aromatic nitrogens is 1. The smallest absolute Gasteiger partial charge is 0.228 e. The molecule has 1 heterocycles. The van der Waals surface area contributed by atoms with Gasteiger partial charge in [0.1, 0.15) is 6.61 Å². The zero-order valence-electron chi connectivity index (χ0n) is 11.3. The van der Waals surface area contributed by atoms with Crippen LogP contribution in [0.25, 0.3) is 0 Å². The van der Waals surface area contributed by atoms with Crippen molar-refractivity contribution in [3.63, 3.8) is 0 Å². The molecule has 1 atom stereocenters. The summed E-state index contributed by atoms with van der Waals surface area (Å²) in [5.41, 5.74) is 7.09. The molecule has 112 valence electrons. The van der Waals surface area contributed by atoms with E-state index in [-0.39, 0.29) is 6.04 Å². The van der Waals surface area contributed by atoms with Crippen LogP contribution >= 0.6 is 31.9 Å². The van der Waals surface area contributed by atoms with E-state index in [1.807, 2.05) is 36.4 Å². The summed E-state index contributed by atoms with van der Waals surface area (Å²) in [4.78, 5) is 4.17. The van der Waals surface area contributed by atoms with Crippen LogP contribution < -0.4 is 10.5 Å². The predicted molar refractivity (Wildman–Crippen MR) is 89.2 cm³/mol. The molecule has 2 rings (SSSR count). The molecule has 1 aromatic carbocycles. The van der Waals surface area contributed by atoms with Crippen molar-refractivity contribution in [3.05, 3.63) is 57.1 Å². The average Bonchev–Trinajstić information content (AvgIpc) is 2.47. The molecule has 0 aliphatic heterocycles. The Labute approximate surface area is 140 Å². The van der Waals surface area contributed by atoms with E-state index in [4.69, 9.17) is 15.2 Å². The number of ether oxygens (including phenoxy) is 2. The molecule has 0 aliphatic rings. The number of hydrogen-bond donors (Lipinski definition) is 1. The Bertz CT molecular complexity index is 567. The van der Waals surface area contributed by atoms with Crippen LogP contribution in [0, 0.1) is 0 Å². The lowest BCUT2D eigenvalue weighted by atomic mass is 10.2. The van der Waals surface area contributed by atoms with Gasteiger partial charge in [0.25, 0.3) is 0 Å². The van der Waals surface area contributed by atoms with Crippen molar-refractivity contribution in [1.82, 2.24) is 4.98 Å². The number of nitrogens with zero attached hydrogens (tertiary/aromatic N) is 1. The topological polar surface area (TPSA) is 57.4 Å². The quantitative estimate of drug-likeness (QED) is 0.751. The maximum Gasteiger partial charge on any atom is 0.228 e. The van der Waals surface area contributed by atoms with Gasteiger partial charge < -0.3 is 15.2 Å². The predicted octanol–water partition coefficient (Wildman–Crippen LogP) is 3.53. The second kappa shape index (κ2) is 8.48. The summed E-state index contributed by atoms with van der Waals surface area (Å²) in [6.45, 7) is 1.33. The highest BCUT2D eigenvalue weighted by molar-refractivity contribution is 9.11.